The number of pyridine rings is 1. The van der Waals surface area contributed by atoms with E-state index in [-0.39, 0.29) is 0 Å². The van der Waals surface area contributed by atoms with Gasteiger partial charge in [-0.05, 0) is 30.3 Å². The van der Waals surface area contributed by atoms with Gasteiger partial charge in [0.15, 0.2) is 0 Å². The molecule has 2 rings (SSSR count). The van der Waals surface area contributed by atoms with Gasteiger partial charge in [-0.3, -0.25) is 4.98 Å². The molecule has 0 aliphatic carbocycles. The van der Waals surface area contributed by atoms with E-state index in [4.69, 9.17) is 5.73 Å². The van der Waals surface area contributed by atoms with E-state index in [1.165, 1.54) is 0 Å². The predicted molar refractivity (Wildman–Crippen MR) is 65.7 cm³/mol. The maximum absolute atomic E-state index is 5.66. The van der Waals surface area contributed by atoms with Crippen LogP contribution in [0.2, 0.25) is 0 Å². The van der Waals surface area contributed by atoms with Crippen LogP contribution in [0.1, 0.15) is 11.3 Å². The van der Waals surface area contributed by atoms with Gasteiger partial charge in [-0.15, -0.1) is 0 Å². The first-order valence-corrected chi connectivity index (χ1v) is 5.09. The minimum Gasteiger partial charge on any atom is -0.399 e. The molecule has 0 amide bonds. The summed E-state index contributed by atoms with van der Waals surface area (Å²) in [5.74, 6) is 6.14. The Morgan fingerprint density at radius 3 is 2.81 bits per heavy atom. The zero-order valence-corrected chi connectivity index (χ0v) is 8.85. The number of nitrogen functional groups attached to an aromatic ring is 1. The molecule has 2 aromatic rings. The lowest BCUT2D eigenvalue weighted by molar-refractivity contribution is 1.13. The molecule has 1 heterocycles. The molecule has 2 nitrogen and oxygen atoms in total. The number of nitrogens with two attached hydrogens (primary N) is 1. The molecule has 78 valence electrons. The Hall–Kier alpha value is -2.27. The van der Waals surface area contributed by atoms with E-state index in [0.717, 1.165) is 16.9 Å². The second-order valence-electron chi connectivity index (χ2n) is 3.43. The van der Waals surface area contributed by atoms with Crippen LogP contribution in [0.15, 0.2) is 48.7 Å². The highest BCUT2D eigenvalue weighted by atomic mass is 14.7. The average molecular weight is 208 g/mol. The third kappa shape index (κ3) is 2.86. The van der Waals surface area contributed by atoms with Crippen molar-refractivity contribution < 1.29 is 0 Å². The zero-order valence-electron chi connectivity index (χ0n) is 8.85. The van der Waals surface area contributed by atoms with Crippen molar-refractivity contribution in [3.8, 4) is 11.8 Å². The van der Waals surface area contributed by atoms with Crippen molar-refractivity contribution in [1.82, 2.24) is 4.98 Å². The van der Waals surface area contributed by atoms with Gasteiger partial charge in [-0.25, -0.2) is 0 Å². The first-order chi connectivity index (χ1) is 7.84. The van der Waals surface area contributed by atoms with Crippen LogP contribution in [0.5, 0.6) is 0 Å². The summed E-state index contributed by atoms with van der Waals surface area (Å²) in [6, 6.07) is 13.4. The van der Waals surface area contributed by atoms with Crippen LogP contribution in [0.25, 0.3) is 0 Å². The van der Waals surface area contributed by atoms with Crippen LogP contribution >= 0.6 is 0 Å². The minimum atomic E-state index is 0.662. The molecule has 1 aromatic heterocycles. The third-order valence-electron chi connectivity index (χ3n) is 2.12. The summed E-state index contributed by atoms with van der Waals surface area (Å²) in [5, 5.41) is 0. The summed E-state index contributed by atoms with van der Waals surface area (Å²) in [6.07, 6.45) is 2.44. The number of benzene rings is 1. The van der Waals surface area contributed by atoms with Crippen LogP contribution in [-0.4, -0.2) is 4.98 Å². The molecular weight excluding hydrogens is 196 g/mol. The van der Waals surface area contributed by atoms with Gasteiger partial charge < -0.3 is 5.73 Å². The summed E-state index contributed by atoms with van der Waals surface area (Å²) < 4.78 is 0. The van der Waals surface area contributed by atoms with E-state index < -0.39 is 0 Å². The number of hydrogen-bond donors (Lipinski definition) is 1. The van der Waals surface area contributed by atoms with Gasteiger partial charge in [-0.1, -0.05) is 24.0 Å². The van der Waals surface area contributed by atoms with Gasteiger partial charge in [0, 0.05) is 17.4 Å². The molecule has 16 heavy (non-hydrogen) atoms. The molecule has 0 saturated carbocycles. The normalized spacial score (nSPS) is 9.25. The molecule has 0 spiro atoms. The Kier molecular flexibility index (Phi) is 3.20. The second kappa shape index (κ2) is 4.99. The Bertz CT molecular complexity index is 521. The summed E-state index contributed by atoms with van der Waals surface area (Å²) in [5.41, 5.74) is 8.33. The highest BCUT2D eigenvalue weighted by Gasteiger charge is 1.89. The molecule has 0 unspecified atom stereocenters. The molecule has 0 fully saturated rings. The van der Waals surface area contributed by atoms with Crippen molar-refractivity contribution in [3.63, 3.8) is 0 Å². The van der Waals surface area contributed by atoms with Crippen molar-refractivity contribution in [1.29, 1.82) is 0 Å². The standard InChI is InChI=1S/C14H12N2/c15-13-7-3-5-12(11-13)6-4-9-14-8-1-2-10-16-14/h1-3,5,7-8,10-11H,9,15H2. The smallest absolute Gasteiger partial charge is 0.0522 e. The van der Waals surface area contributed by atoms with Crippen molar-refractivity contribution in [2.45, 2.75) is 6.42 Å². The molecule has 0 radical (unpaired) electrons. The Morgan fingerprint density at radius 1 is 1.12 bits per heavy atom. The maximum Gasteiger partial charge on any atom is 0.0522 e. The number of anilines is 1. The lowest BCUT2D eigenvalue weighted by Gasteiger charge is -1.93. The molecule has 2 heteroatoms. The van der Waals surface area contributed by atoms with E-state index in [1.54, 1.807) is 6.20 Å². The summed E-state index contributed by atoms with van der Waals surface area (Å²) in [6.45, 7) is 0. The minimum absolute atomic E-state index is 0.662. The molecule has 0 atom stereocenters. The van der Waals surface area contributed by atoms with Crippen LogP contribution in [0, 0.1) is 11.8 Å². The number of rotatable bonds is 1. The van der Waals surface area contributed by atoms with E-state index in [0.29, 0.717) is 6.42 Å². The molecule has 1 aromatic carbocycles. The summed E-state index contributed by atoms with van der Waals surface area (Å²) in [7, 11) is 0. The van der Waals surface area contributed by atoms with Crippen molar-refractivity contribution in [3.05, 3.63) is 59.9 Å². The van der Waals surface area contributed by atoms with Crippen molar-refractivity contribution >= 4 is 5.69 Å². The van der Waals surface area contributed by atoms with E-state index in [9.17, 15) is 0 Å². The fourth-order valence-electron chi connectivity index (χ4n) is 1.36. The fraction of sp³-hybridized carbons (Fsp3) is 0.0714. The Balaban J connectivity index is 2.06. The highest BCUT2D eigenvalue weighted by molar-refractivity contribution is 5.47. The fourth-order valence-corrected chi connectivity index (χ4v) is 1.36. The van der Waals surface area contributed by atoms with Gasteiger partial charge in [-0.2, -0.15) is 0 Å². The number of nitrogens with zero attached hydrogens (tertiary/aromatic N) is 1. The molecule has 0 saturated heterocycles. The number of aromatic nitrogens is 1. The van der Waals surface area contributed by atoms with Gasteiger partial charge in [0.2, 0.25) is 0 Å². The first kappa shape index (κ1) is 10.3. The maximum atomic E-state index is 5.66. The van der Waals surface area contributed by atoms with Crippen molar-refractivity contribution in [2.24, 2.45) is 0 Å². The molecular formula is C14H12N2. The molecule has 0 bridgehead atoms. The Morgan fingerprint density at radius 2 is 2.06 bits per heavy atom. The van der Waals surface area contributed by atoms with Crippen molar-refractivity contribution in [2.75, 3.05) is 5.73 Å². The lowest BCUT2D eigenvalue weighted by Crippen LogP contribution is -1.86. The summed E-state index contributed by atoms with van der Waals surface area (Å²) >= 11 is 0. The predicted octanol–water partition coefficient (Wildman–Crippen LogP) is 2.26. The lowest BCUT2D eigenvalue weighted by atomic mass is 10.2. The van der Waals surface area contributed by atoms with Crippen LogP contribution in [0.4, 0.5) is 5.69 Å². The van der Waals surface area contributed by atoms with Gasteiger partial charge in [0.1, 0.15) is 0 Å². The first-order valence-electron chi connectivity index (χ1n) is 5.09. The van der Waals surface area contributed by atoms with Crippen LogP contribution in [-0.2, 0) is 6.42 Å². The van der Waals surface area contributed by atoms with E-state index in [1.807, 2.05) is 42.5 Å². The summed E-state index contributed by atoms with van der Waals surface area (Å²) in [4.78, 5) is 4.20. The largest absolute Gasteiger partial charge is 0.399 e. The monoisotopic (exact) mass is 208 g/mol. The average Bonchev–Trinajstić information content (AvgIpc) is 2.30. The quantitative estimate of drug-likeness (QED) is 0.576. The van der Waals surface area contributed by atoms with Gasteiger partial charge in [0.05, 0.1) is 12.1 Å². The number of hydrogen-bond acceptors (Lipinski definition) is 2. The molecule has 0 aliphatic rings. The van der Waals surface area contributed by atoms with Crippen LogP contribution < -0.4 is 5.73 Å². The zero-order chi connectivity index (χ0) is 11.2. The Labute approximate surface area is 95.1 Å². The van der Waals surface area contributed by atoms with E-state index >= 15 is 0 Å². The van der Waals surface area contributed by atoms with Gasteiger partial charge in [0.25, 0.3) is 0 Å². The topological polar surface area (TPSA) is 38.9 Å². The molecule has 0 aliphatic heterocycles. The third-order valence-corrected chi connectivity index (χ3v) is 2.12. The molecule has 2 N–H and O–H groups in total. The van der Waals surface area contributed by atoms with Crippen LogP contribution in [0.3, 0.4) is 0 Å². The van der Waals surface area contributed by atoms with Gasteiger partial charge >= 0.3 is 0 Å². The highest BCUT2D eigenvalue weighted by Crippen LogP contribution is 2.04. The second-order valence-corrected chi connectivity index (χ2v) is 3.43. The SMILES string of the molecule is Nc1cccc(C#CCc2ccccn2)c1. The van der Waals surface area contributed by atoms with E-state index in [2.05, 4.69) is 16.8 Å².